The average Bonchev–Trinajstić information content (AvgIpc) is 2.86. The van der Waals surface area contributed by atoms with Crippen molar-refractivity contribution in [3.8, 4) is 0 Å². The molecule has 1 amide bonds. The number of carbonyl (C=O) groups excluding carboxylic acids is 1. The number of nitrogens with zero attached hydrogens (tertiary/aromatic N) is 2. The highest BCUT2D eigenvalue weighted by atomic mass is 32.2. The number of amides is 1. The molecule has 2 rings (SSSR count). The molecule has 1 aliphatic rings. The van der Waals surface area contributed by atoms with Crippen LogP contribution >= 0.6 is 0 Å². The van der Waals surface area contributed by atoms with Crippen molar-refractivity contribution >= 4 is 21.9 Å². The van der Waals surface area contributed by atoms with Gasteiger partial charge in [-0.15, -0.1) is 0 Å². The van der Waals surface area contributed by atoms with E-state index in [-0.39, 0.29) is 22.9 Å². The predicted octanol–water partition coefficient (Wildman–Crippen LogP) is 1.80. The van der Waals surface area contributed by atoms with Gasteiger partial charge in [0.2, 0.25) is 15.9 Å². The van der Waals surface area contributed by atoms with Crippen LogP contribution in [-0.4, -0.2) is 60.8 Å². The summed E-state index contributed by atoms with van der Waals surface area (Å²) in [6, 6.07) is 5.20. The van der Waals surface area contributed by atoms with Crippen molar-refractivity contribution in [1.82, 2.24) is 9.21 Å². The minimum atomic E-state index is -3.69. The number of aromatic carboxylic acids is 1. The third kappa shape index (κ3) is 4.79. The molecule has 0 unspecified atom stereocenters. The Hall–Kier alpha value is -1.93. The van der Waals surface area contributed by atoms with Crippen molar-refractivity contribution in [2.45, 2.75) is 37.5 Å². The van der Waals surface area contributed by atoms with Crippen molar-refractivity contribution in [2.24, 2.45) is 0 Å². The summed E-state index contributed by atoms with van der Waals surface area (Å²) in [6.45, 7) is 3.57. The van der Waals surface area contributed by atoms with E-state index >= 15 is 0 Å². The standard InChI is InChI=1S/C17H24N2O5S/c1-2-3-5-16(20)18-10-4-11-19(13-12-18)25(23,24)15-8-6-14(7-9-15)17(21)22/h6-9H,2-5,10-13H2,1H3,(H,21,22). The summed E-state index contributed by atoms with van der Waals surface area (Å²) < 4.78 is 26.9. The molecule has 0 saturated carbocycles. The van der Waals surface area contributed by atoms with Gasteiger partial charge in [-0.05, 0) is 37.1 Å². The van der Waals surface area contributed by atoms with Gasteiger partial charge in [0.15, 0.2) is 0 Å². The second-order valence-electron chi connectivity index (χ2n) is 6.07. The largest absolute Gasteiger partial charge is 0.478 e. The Bertz CT molecular complexity index is 715. The van der Waals surface area contributed by atoms with Crippen LogP contribution < -0.4 is 0 Å². The summed E-state index contributed by atoms with van der Waals surface area (Å²) >= 11 is 0. The minimum absolute atomic E-state index is 0.0440. The summed E-state index contributed by atoms with van der Waals surface area (Å²) in [6.07, 6.45) is 2.88. The Labute approximate surface area is 148 Å². The number of hydrogen-bond acceptors (Lipinski definition) is 4. The quantitative estimate of drug-likeness (QED) is 0.826. The third-order valence-electron chi connectivity index (χ3n) is 4.29. The lowest BCUT2D eigenvalue weighted by atomic mass is 10.2. The first kappa shape index (κ1) is 19.4. The number of hydrogen-bond donors (Lipinski definition) is 1. The van der Waals surface area contributed by atoms with E-state index in [2.05, 4.69) is 0 Å². The van der Waals surface area contributed by atoms with E-state index in [0.29, 0.717) is 32.5 Å². The number of carbonyl (C=O) groups is 2. The lowest BCUT2D eigenvalue weighted by Crippen LogP contribution is -2.37. The SMILES string of the molecule is CCCCC(=O)N1CCCN(S(=O)(=O)c2ccc(C(=O)O)cc2)CC1. The zero-order valence-corrected chi connectivity index (χ0v) is 15.2. The number of carboxylic acids is 1. The second kappa shape index (κ2) is 8.44. The van der Waals surface area contributed by atoms with Crippen molar-refractivity contribution in [3.63, 3.8) is 0 Å². The summed E-state index contributed by atoms with van der Waals surface area (Å²) in [5.74, 6) is -1.02. The molecule has 8 heteroatoms. The van der Waals surface area contributed by atoms with E-state index in [9.17, 15) is 18.0 Å². The van der Waals surface area contributed by atoms with Gasteiger partial charge in [0.1, 0.15) is 0 Å². The molecule has 0 spiro atoms. The number of carboxylic acid groups (broad SMARTS) is 1. The van der Waals surface area contributed by atoms with Gasteiger partial charge in [0, 0.05) is 32.6 Å². The summed E-state index contributed by atoms with van der Waals surface area (Å²) in [7, 11) is -3.69. The number of unbranched alkanes of at least 4 members (excludes halogenated alkanes) is 1. The molecule has 7 nitrogen and oxygen atoms in total. The molecule has 0 bridgehead atoms. The number of sulfonamides is 1. The average molecular weight is 368 g/mol. The van der Waals surface area contributed by atoms with Crippen molar-refractivity contribution in [2.75, 3.05) is 26.2 Å². The maximum atomic E-state index is 12.7. The molecule has 0 aliphatic carbocycles. The van der Waals surface area contributed by atoms with Gasteiger partial charge < -0.3 is 10.0 Å². The highest BCUT2D eigenvalue weighted by molar-refractivity contribution is 7.89. The van der Waals surface area contributed by atoms with Crippen LogP contribution in [0.2, 0.25) is 0 Å². The van der Waals surface area contributed by atoms with E-state index < -0.39 is 16.0 Å². The molecule has 1 saturated heterocycles. The van der Waals surface area contributed by atoms with Crippen LogP contribution in [0.15, 0.2) is 29.2 Å². The Balaban J connectivity index is 2.07. The van der Waals surface area contributed by atoms with E-state index in [1.807, 2.05) is 6.92 Å². The Morgan fingerprint density at radius 3 is 2.36 bits per heavy atom. The Kier molecular flexibility index (Phi) is 6.55. The van der Waals surface area contributed by atoms with Crippen molar-refractivity contribution in [1.29, 1.82) is 0 Å². The molecule has 1 heterocycles. The number of benzene rings is 1. The molecule has 1 N–H and O–H groups in total. The van der Waals surface area contributed by atoms with E-state index in [4.69, 9.17) is 5.11 Å². The molecular formula is C17H24N2O5S. The summed E-state index contributed by atoms with van der Waals surface area (Å²) in [5.41, 5.74) is 0.0440. The maximum absolute atomic E-state index is 12.7. The lowest BCUT2D eigenvalue weighted by molar-refractivity contribution is -0.131. The molecule has 138 valence electrons. The predicted molar refractivity (Wildman–Crippen MR) is 92.9 cm³/mol. The van der Waals surface area contributed by atoms with Gasteiger partial charge in [-0.2, -0.15) is 4.31 Å². The fourth-order valence-corrected chi connectivity index (χ4v) is 4.26. The molecule has 0 aromatic heterocycles. The zero-order chi connectivity index (χ0) is 18.4. The van der Waals surface area contributed by atoms with Crippen LogP contribution in [0.4, 0.5) is 0 Å². The Morgan fingerprint density at radius 2 is 1.76 bits per heavy atom. The smallest absolute Gasteiger partial charge is 0.335 e. The van der Waals surface area contributed by atoms with Crippen LogP contribution in [0.25, 0.3) is 0 Å². The molecule has 1 fully saturated rings. The lowest BCUT2D eigenvalue weighted by Gasteiger charge is -2.22. The fraction of sp³-hybridized carbons (Fsp3) is 0.529. The van der Waals surface area contributed by atoms with Crippen LogP contribution in [0.5, 0.6) is 0 Å². The Morgan fingerprint density at radius 1 is 1.08 bits per heavy atom. The van der Waals surface area contributed by atoms with Gasteiger partial charge in [-0.3, -0.25) is 4.79 Å². The first-order chi connectivity index (χ1) is 11.9. The van der Waals surface area contributed by atoms with Crippen LogP contribution in [0, 0.1) is 0 Å². The van der Waals surface area contributed by atoms with Crippen LogP contribution in [-0.2, 0) is 14.8 Å². The highest BCUT2D eigenvalue weighted by Crippen LogP contribution is 2.19. The van der Waals surface area contributed by atoms with Crippen molar-refractivity contribution in [3.05, 3.63) is 29.8 Å². The highest BCUT2D eigenvalue weighted by Gasteiger charge is 2.28. The first-order valence-electron chi connectivity index (χ1n) is 8.47. The molecule has 1 aromatic rings. The maximum Gasteiger partial charge on any atom is 0.335 e. The normalized spacial score (nSPS) is 16.4. The number of rotatable bonds is 6. The molecule has 0 radical (unpaired) electrons. The van der Waals surface area contributed by atoms with Gasteiger partial charge >= 0.3 is 5.97 Å². The van der Waals surface area contributed by atoms with Gasteiger partial charge in [-0.1, -0.05) is 13.3 Å². The third-order valence-corrected chi connectivity index (χ3v) is 6.20. The molecular weight excluding hydrogens is 344 g/mol. The molecule has 1 aliphatic heterocycles. The van der Waals surface area contributed by atoms with Gasteiger partial charge in [0.25, 0.3) is 0 Å². The van der Waals surface area contributed by atoms with E-state index in [1.54, 1.807) is 4.90 Å². The second-order valence-corrected chi connectivity index (χ2v) is 8.01. The van der Waals surface area contributed by atoms with Gasteiger partial charge in [-0.25, -0.2) is 13.2 Å². The van der Waals surface area contributed by atoms with Crippen LogP contribution in [0.3, 0.4) is 0 Å². The molecule has 1 aromatic carbocycles. The zero-order valence-electron chi connectivity index (χ0n) is 14.3. The fourth-order valence-electron chi connectivity index (χ4n) is 2.79. The van der Waals surface area contributed by atoms with Crippen molar-refractivity contribution < 1.29 is 23.1 Å². The first-order valence-corrected chi connectivity index (χ1v) is 9.91. The summed E-state index contributed by atoms with van der Waals surface area (Å²) in [4.78, 5) is 24.8. The minimum Gasteiger partial charge on any atom is -0.478 e. The topological polar surface area (TPSA) is 95.0 Å². The van der Waals surface area contributed by atoms with Crippen LogP contribution in [0.1, 0.15) is 43.0 Å². The monoisotopic (exact) mass is 368 g/mol. The molecule has 0 atom stereocenters. The van der Waals surface area contributed by atoms with Gasteiger partial charge in [0.05, 0.1) is 10.5 Å². The van der Waals surface area contributed by atoms with E-state index in [1.165, 1.54) is 28.6 Å². The molecule has 25 heavy (non-hydrogen) atoms. The summed E-state index contributed by atoms with van der Waals surface area (Å²) in [5, 5.41) is 8.91. The van der Waals surface area contributed by atoms with E-state index in [0.717, 1.165) is 12.8 Å².